The molecule has 1 fully saturated rings. The molecule has 3 aliphatic heterocycles. The molecular weight excluding hydrogens is 372 g/mol. The number of rotatable bonds is 2. The van der Waals surface area contributed by atoms with Crippen molar-refractivity contribution in [2.24, 2.45) is 0 Å². The van der Waals surface area contributed by atoms with E-state index in [-0.39, 0.29) is 18.6 Å². The van der Waals surface area contributed by atoms with Crippen LogP contribution in [0.5, 0.6) is 11.5 Å². The number of carbonyl (C=O) groups excluding carboxylic acids is 3. The monoisotopic (exact) mass is 390 g/mol. The second-order valence-corrected chi connectivity index (χ2v) is 7.13. The molecule has 3 amide bonds. The average Bonchev–Trinajstić information content (AvgIpc) is 3.39. The third-order valence-electron chi connectivity index (χ3n) is 5.43. The maximum Gasteiger partial charge on any atom is 0.257 e. The number of amides is 3. The lowest BCUT2D eigenvalue weighted by Crippen LogP contribution is -2.46. The summed E-state index contributed by atoms with van der Waals surface area (Å²) in [4.78, 5) is 41.9. The fourth-order valence-electron chi connectivity index (χ4n) is 4.02. The van der Waals surface area contributed by atoms with Crippen LogP contribution in [-0.4, -0.2) is 42.0 Å². The van der Waals surface area contributed by atoms with Crippen molar-refractivity contribution >= 4 is 29.5 Å². The van der Waals surface area contributed by atoms with Crippen LogP contribution in [0, 0.1) is 0 Å². The molecule has 0 N–H and O–H groups in total. The molecule has 1 atom stereocenters. The molecule has 3 heterocycles. The van der Waals surface area contributed by atoms with Crippen molar-refractivity contribution in [1.82, 2.24) is 4.90 Å². The minimum Gasteiger partial charge on any atom is -0.454 e. The highest BCUT2D eigenvalue weighted by atomic mass is 16.7. The summed E-state index contributed by atoms with van der Waals surface area (Å²) >= 11 is 0. The highest BCUT2D eigenvalue weighted by molar-refractivity contribution is 6.25. The van der Waals surface area contributed by atoms with Gasteiger partial charge in [-0.3, -0.25) is 14.4 Å². The Morgan fingerprint density at radius 3 is 2.79 bits per heavy atom. The van der Waals surface area contributed by atoms with Gasteiger partial charge in [-0.25, -0.2) is 4.90 Å². The van der Waals surface area contributed by atoms with Gasteiger partial charge in [-0.05, 0) is 48.7 Å². The van der Waals surface area contributed by atoms with Crippen molar-refractivity contribution in [2.75, 3.05) is 18.2 Å². The van der Waals surface area contributed by atoms with E-state index in [1.165, 1.54) is 6.08 Å². The number of fused-ring (bicyclic) bond motifs is 3. The Kier molecular flexibility index (Phi) is 4.08. The zero-order valence-corrected chi connectivity index (χ0v) is 15.5. The molecule has 0 bridgehead atoms. The zero-order chi connectivity index (χ0) is 20.0. The van der Waals surface area contributed by atoms with Crippen LogP contribution in [0.25, 0.3) is 6.08 Å². The number of imide groups is 1. The van der Waals surface area contributed by atoms with Crippen LogP contribution in [-0.2, 0) is 9.59 Å². The summed E-state index contributed by atoms with van der Waals surface area (Å²) in [6.45, 7) is 0.699. The third kappa shape index (κ3) is 2.86. The first kappa shape index (κ1) is 17.5. The molecule has 2 aromatic rings. The minimum atomic E-state index is -0.599. The van der Waals surface area contributed by atoms with Crippen molar-refractivity contribution < 1.29 is 23.9 Å². The number of para-hydroxylation sites is 1. The lowest BCUT2D eigenvalue weighted by Gasteiger charge is -2.23. The maximum atomic E-state index is 13.2. The van der Waals surface area contributed by atoms with Crippen LogP contribution in [0.1, 0.15) is 28.8 Å². The molecule has 0 saturated carbocycles. The Bertz CT molecular complexity index is 1060. The van der Waals surface area contributed by atoms with Crippen molar-refractivity contribution in [2.45, 2.75) is 18.9 Å². The lowest BCUT2D eigenvalue weighted by molar-refractivity contribution is -0.126. The van der Waals surface area contributed by atoms with Gasteiger partial charge in [0.2, 0.25) is 6.79 Å². The van der Waals surface area contributed by atoms with E-state index >= 15 is 0 Å². The zero-order valence-electron chi connectivity index (χ0n) is 15.5. The van der Waals surface area contributed by atoms with E-state index in [2.05, 4.69) is 0 Å². The summed E-state index contributed by atoms with van der Waals surface area (Å²) in [7, 11) is 0. The molecule has 3 aliphatic rings. The van der Waals surface area contributed by atoms with Crippen LogP contribution in [0.2, 0.25) is 0 Å². The summed E-state index contributed by atoms with van der Waals surface area (Å²) in [5.74, 6) is 0.224. The van der Waals surface area contributed by atoms with Crippen molar-refractivity contribution in [3.8, 4) is 11.5 Å². The molecule has 5 rings (SSSR count). The Morgan fingerprint density at radius 1 is 1.07 bits per heavy atom. The van der Waals surface area contributed by atoms with Gasteiger partial charge in [0, 0.05) is 12.6 Å². The summed E-state index contributed by atoms with van der Waals surface area (Å²) in [5.41, 5.74) is 1.45. The average molecular weight is 390 g/mol. The molecule has 0 spiro atoms. The Balaban J connectivity index is 1.50. The molecule has 0 radical (unpaired) electrons. The molecule has 1 saturated heterocycles. The van der Waals surface area contributed by atoms with Crippen molar-refractivity contribution in [1.29, 1.82) is 0 Å². The topological polar surface area (TPSA) is 76.2 Å². The van der Waals surface area contributed by atoms with Gasteiger partial charge < -0.3 is 14.4 Å². The summed E-state index contributed by atoms with van der Waals surface area (Å²) in [6.07, 6.45) is 4.29. The normalized spacial score (nSPS) is 20.1. The number of nitrogens with zero attached hydrogens (tertiary/aromatic N) is 2. The third-order valence-corrected chi connectivity index (χ3v) is 5.43. The van der Waals surface area contributed by atoms with E-state index < -0.39 is 11.9 Å². The number of hydrogen-bond acceptors (Lipinski definition) is 5. The van der Waals surface area contributed by atoms with E-state index in [9.17, 15) is 14.4 Å². The molecule has 0 aliphatic carbocycles. The Hall–Kier alpha value is -3.61. The first-order valence-corrected chi connectivity index (χ1v) is 9.49. The van der Waals surface area contributed by atoms with E-state index in [1.807, 2.05) is 0 Å². The van der Waals surface area contributed by atoms with Crippen LogP contribution in [0.3, 0.4) is 0 Å². The SMILES string of the molecule is O=C(/C=C/c1ccc2c(c1)OCO2)N1C(=O)[C@@H]2CCCN2C(=O)c2ccccc21. The van der Waals surface area contributed by atoms with Gasteiger partial charge in [0.15, 0.2) is 11.5 Å². The number of anilines is 1. The first-order chi connectivity index (χ1) is 14.1. The molecule has 7 nitrogen and oxygen atoms in total. The number of carbonyl (C=O) groups is 3. The van der Waals surface area contributed by atoms with Crippen LogP contribution < -0.4 is 14.4 Å². The van der Waals surface area contributed by atoms with Gasteiger partial charge >= 0.3 is 0 Å². The van der Waals surface area contributed by atoms with E-state index in [1.54, 1.807) is 53.4 Å². The second-order valence-electron chi connectivity index (χ2n) is 7.13. The quantitative estimate of drug-likeness (QED) is 0.737. The highest BCUT2D eigenvalue weighted by Gasteiger charge is 2.43. The summed E-state index contributed by atoms with van der Waals surface area (Å²) < 4.78 is 10.6. The first-order valence-electron chi connectivity index (χ1n) is 9.49. The van der Waals surface area contributed by atoms with Gasteiger partial charge in [0.05, 0.1) is 11.3 Å². The summed E-state index contributed by atoms with van der Waals surface area (Å²) in [5, 5.41) is 0. The van der Waals surface area contributed by atoms with Gasteiger partial charge in [0.1, 0.15) is 6.04 Å². The smallest absolute Gasteiger partial charge is 0.257 e. The van der Waals surface area contributed by atoms with Crippen LogP contribution in [0.4, 0.5) is 5.69 Å². The second kappa shape index (κ2) is 6.77. The number of ether oxygens (including phenoxy) is 2. The van der Waals surface area contributed by atoms with Gasteiger partial charge in [-0.1, -0.05) is 18.2 Å². The molecule has 29 heavy (non-hydrogen) atoms. The highest BCUT2D eigenvalue weighted by Crippen LogP contribution is 2.34. The number of hydrogen-bond donors (Lipinski definition) is 0. The van der Waals surface area contributed by atoms with E-state index in [0.717, 1.165) is 16.9 Å². The minimum absolute atomic E-state index is 0.173. The standard InChI is InChI=1S/C22H18N2O5/c25-20(10-8-14-7-9-18-19(12-14)29-13-28-18)24-16-5-2-1-4-15(16)21(26)23-11-3-6-17(23)22(24)27/h1-2,4-5,7-10,12,17H,3,6,11,13H2/b10-8+/t17-/m0/s1. The Labute approximate surface area is 167 Å². The number of benzene rings is 2. The predicted octanol–water partition coefficient (Wildman–Crippen LogP) is 2.61. The lowest BCUT2D eigenvalue weighted by atomic mass is 10.1. The fourth-order valence-corrected chi connectivity index (χ4v) is 4.02. The van der Waals surface area contributed by atoms with Crippen molar-refractivity contribution in [3.05, 3.63) is 59.7 Å². The molecular formula is C22H18N2O5. The van der Waals surface area contributed by atoms with E-state index in [0.29, 0.717) is 35.7 Å². The van der Waals surface area contributed by atoms with E-state index in [4.69, 9.17) is 9.47 Å². The largest absolute Gasteiger partial charge is 0.454 e. The maximum absolute atomic E-state index is 13.2. The van der Waals surface area contributed by atoms with Crippen LogP contribution in [0.15, 0.2) is 48.5 Å². The van der Waals surface area contributed by atoms with Crippen LogP contribution >= 0.6 is 0 Å². The molecule has 0 unspecified atom stereocenters. The molecule has 146 valence electrons. The molecule has 2 aromatic carbocycles. The molecule has 0 aromatic heterocycles. The van der Waals surface area contributed by atoms with Gasteiger partial charge in [0.25, 0.3) is 17.7 Å². The Morgan fingerprint density at radius 2 is 1.90 bits per heavy atom. The van der Waals surface area contributed by atoms with Crippen molar-refractivity contribution in [3.63, 3.8) is 0 Å². The fraction of sp³-hybridized carbons (Fsp3) is 0.227. The summed E-state index contributed by atoms with van der Waals surface area (Å²) in [6, 6.07) is 11.5. The predicted molar refractivity (Wildman–Crippen MR) is 105 cm³/mol. The molecule has 7 heteroatoms. The van der Waals surface area contributed by atoms with Gasteiger partial charge in [-0.15, -0.1) is 0 Å². The van der Waals surface area contributed by atoms with Gasteiger partial charge in [-0.2, -0.15) is 0 Å².